The Hall–Kier alpha value is -1.79. The number of nitrogens with one attached hydrogen (secondary N) is 1. The van der Waals surface area contributed by atoms with Gasteiger partial charge in [0, 0.05) is 5.69 Å². The highest BCUT2D eigenvalue weighted by atomic mass is 35.5. The van der Waals surface area contributed by atoms with Gasteiger partial charge in [-0.05, 0) is 30.7 Å². The van der Waals surface area contributed by atoms with Crippen LogP contribution in [-0.4, -0.2) is 24.5 Å². The molecule has 1 atom stereocenters. The minimum atomic E-state index is -0.540. The first kappa shape index (κ1) is 17.2. The van der Waals surface area contributed by atoms with E-state index in [4.69, 9.17) is 16.2 Å². The van der Waals surface area contributed by atoms with E-state index < -0.39 is 11.9 Å². The van der Waals surface area contributed by atoms with Crippen molar-refractivity contribution in [2.45, 2.75) is 19.4 Å². The second-order valence-electron chi connectivity index (χ2n) is 3.78. The molecule has 7 heteroatoms. The summed E-state index contributed by atoms with van der Waals surface area (Å²) >= 11 is 0. The zero-order chi connectivity index (χ0) is 13.5. The van der Waals surface area contributed by atoms with Crippen LogP contribution in [0.3, 0.4) is 0 Å². The summed E-state index contributed by atoms with van der Waals surface area (Å²) in [7, 11) is 0. The predicted molar refractivity (Wildman–Crippen MR) is 75.3 cm³/mol. The molecule has 5 N–H and O–H groups in total. The number of benzene rings is 1. The number of carbonyl (C=O) groups excluding carboxylic acids is 2. The summed E-state index contributed by atoms with van der Waals surface area (Å²) in [6.45, 7) is 1.66. The molecule has 0 heterocycles. The van der Waals surface area contributed by atoms with Gasteiger partial charge in [0.05, 0.1) is 6.04 Å². The Morgan fingerprint density at radius 3 is 2.37 bits per heavy atom. The molecule has 1 aromatic rings. The Labute approximate surface area is 117 Å². The van der Waals surface area contributed by atoms with Crippen molar-refractivity contribution in [3.8, 4) is 5.75 Å². The van der Waals surface area contributed by atoms with Crippen LogP contribution in [0.5, 0.6) is 5.75 Å². The molecule has 106 valence electrons. The van der Waals surface area contributed by atoms with E-state index in [-0.39, 0.29) is 24.9 Å². The number of nitrogens with two attached hydrogens (primary N) is 2. The SMILES string of the molecule is CC[C@H](N)C(=O)Nc1ccc(OCC(N)=O)cc1.Cl. The van der Waals surface area contributed by atoms with Crippen molar-refractivity contribution in [3.63, 3.8) is 0 Å². The standard InChI is InChI=1S/C12H17N3O3.ClH/c1-2-10(13)12(17)15-8-3-5-9(6-4-8)18-7-11(14)16;/h3-6,10H,2,7,13H2,1H3,(H2,14,16)(H,15,17);1H/t10-;/m0./s1. The summed E-state index contributed by atoms with van der Waals surface area (Å²) in [5, 5.41) is 2.67. The summed E-state index contributed by atoms with van der Waals surface area (Å²) in [6.07, 6.45) is 0.575. The first-order chi connectivity index (χ1) is 8.52. The van der Waals surface area contributed by atoms with Crippen LogP contribution in [0.2, 0.25) is 0 Å². The average molecular weight is 288 g/mol. The van der Waals surface area contributed by atoms with Gasteiger partial charge in [0.25, 0.3) is 5.91 Å². The topological polar surface area (TPSA) is 107 Å². The molecule has 0 spiro atoms. The Bertz CT molecular complexity index is 423. The van der Waals surface area contributed by atoms with Gasteiger partial charge in [-0.2, -0.15) is 0 Å². The molecule has 0 aliphatic rings. The third kappa shape index (κ3) is 6.08. The lowest BCUT2D eigenvalue weighted by atomic mass is 10.2. The molecule has 0 aliphatic carbocycles. The Kier molecular flexibility index (Phi) is 7.55. The lowest BCUT2D eigenvalue weighted by molar-refractivity contribution is -0.120. The number of hydrogen-bond acceptors (Lipinski definition) is 4. The lowest BCUT2D eigenvalue weighted by Gasteiger charge is -2.10. The molecule has 6 nitrogen and oxygen atoms in total. The van der Waals surface area contributed by atoms with E-state index in [1.807, 2.05) is 6.92 Å². The van der Waals surface area contributed by atoms with Crippen molar-refractivity contribution in [1.29, 1.82) is 0 Å². The van der Waals surface area contributed by atoms with Crippen molar-refractivity contribution in [3.05, 3.63) is 24.3 Å². The molecule has 0 aromatic heterocycles. The Morgan fingerprint density at radius 1 is 1.32 bits per heavy atom. The van der Waals surface area contributed by atoms with E-state index in [2.05, 4.69) is 5.32 Å². The van der Waals surface area contributed by atoms with Crippen LogP contribution >= 0.6 is 12.4 Å². The molecule has 1 aromatic carbocycles. The summed E-state index contributed by atoms with van der Waals surface area (Å²) in [5.74, 6) is -0.267. The van der Waals surface area contributed by atoms with Crippen LogP contribution in [-0.2, 0) is 9.59 Å². The number of ether oxygens (including phenoxy) is 1. The van der Waals surface area contributed by atoms with Crippen molar-refractivity contribution in [2.24, 2.45) is 11.5 Å². The van der Waals surface area contributed by atoms with Gasteiger partial charge in [-0.3, -0.25) is 9.59 Å². The number of hydrogen-bond donors (Lipinski definition) is 3. The quantitative estimate of drug-likeness (QED) is 0.714. The molecule has 0 bridgehead atoms. The fraction of sp³-hybridized carbons (Fsp3) is 0.333. The van der Waals surface area contributed by atoms with E-state index in [0.29, 0.717) is 17.9 Å². The van der Waals surface area contributed by atoms with E-state index in [1.165, 1.54) is 0 Å². The number of amides is 2. The van der Waals surface area contributed by atoms with Crippen LogP contribution in [0.15, 0.2) is 24.3 Å². The number of halogens is 1. The molecule has 0 unspecified atom stereocenters. The maximum Gasteiger partial charge on any atom is 0.255 e. The van der Waals surface area contributed by atoms with E-state index >= 15 is 0 Å². The van der Waals surface area contributed by atoms with Crippen LogP contribution in [0, 0.1) is 0 Å². The summed E-state index contributed by atoms with van der Waals surface area (Å²) in [6, 6.07) is 6.08. The Balaban J connectivity index is 0.00000324. The molecular weight excluding hydrogens is 270 g/mol. The molecule has 19 heavy (non-hydrogen) atoms. The molecule has 0 saturated carbocycles. The molecule has 0 saturated heterocycles. The maximum absolute atomic E-state index is 11.5. The summed E-state index contributed by atoms with van der Waals surface area (Å²) in [4.78, 5) is 22.0. The minimum absolute atomic E-state index is 0. The van der Waals surface area contributed by atoms with Crippen molar-refractivity contribution < 1.29 is 14.3 Å². The Morgan fingerprint density at radius 2 is 1.89 bits per heavy atom. The highest BCUT2D eigenvalue weighted by Crippen LogP contribution is 2.15. The predicted octanol–water partition coefficient (Wildman–Crippen LogP) is 0.648. The largest absolute Gasteiger partial charge is 0.484 e. The van der Waals surface area contributed by atoms with Gasteiger partial charge in [0.1, 0.15) is 5.75 Å². The third-order valence-corrected chi connectivity index (χ3v) is 2.28. The van der Waals surface area contributed by atoms with Gasteiger partial charge < -0.3 is 21.5 Å². The highest BCUT2D eigenvalue weighted by molar-refractivity contribution is 5.94. The monoisotopic (exact) mass is 287 g/mol. The number of rotatable bonds is 6. The van der Waals surface area contributed by atoms with Crippen LogP contribution < -0.4 is 21.5 Å². The number of carbonyl (C=O) groups is 2. The molecular formula is C12H18ClN3O3. The van der Waals surface area contributed by atoms with Gasteiger partial charge in [-0.1, -0.05) is 6.92 Å². The second-order valence-corrected chi connectivity index (χ2v) is 3.78. The van der Waals surface area contributed by atoms with Crippen LogP contribution in [0.1, 0.15) is 13.3 Å². The molecule has 0 radical (unpaired) electrons. The minimum Gasteiger partial charge on any atom is -0.484 e. The highest BCUT2D eigenvalue weighted by Gasteiger charge is 2.10. The van der Waals surface area contributed by atoms with Crippen molar-refractivity contribution in [1.82, 2.24) is 0 Å². The maximum atomic E-state index is 11.5. The van der Waals surface area contributed by atoms with Gasteiger partial charge in [0.15, 0.2) is 6.61 Å². The zero-order valence-electron chi connectivity index (χ0n) is 10.6. The molecule has 1 rings (SSSR count). The molecule has 2 amide bonds. The van der Waals surface area contributed by atoms with Crippen molar-refractivity contribution >= 4 is 29.9 Å². The molecule has 0 aliphatic heterocycles. The average Bonchev–Trinajstić information content (AvgIpc) is 2.36. The van der Waals surface area contributed by atoms with Crippen LogP contribution in [0.25, 0.3) is 0 Å². The smallest absolute Gasteiger partial charge is 0.255 e. The number of primary amides is 1. The first-order valence-corrected chi connectivity index (χ1v) is 5.60. The number of anilines is 1. The fourth-order valence-electron chi connectivity index (χ4n) is 1.21. The lowest BCUT2D eigenvalue weighted by Crippen LogP contribution is -2.34. The normalized spacial score (nSPS) is 11.1. The van der Waals surface area contributed by atoms with Gasteiger partial charge in [0.2, 0.25) is 5.91 Å². The summed E-state index contributed by atoms with van der Waals surface area (Å²) in [5.41, 5.74) is 11.2. The van der Waals surface area contributed by atoms with E-state index in [1.54, 1.807) is 24.3 Å². The van der Waals surface area contributed by atoms with Gasteiger partial charge >= 0.3 is 0 Å². The van der Waals surface area contributed by atoms with Gasteiger partial charge in [-0.15, -0.1) is 12.4 Å². The van der Waals surface area contributed by atoms with Crippen molar-refractivity contribution in [2.75, 3.05) is 11.9 Å². The first-order valence-electron chi connectivity index (χ1n) is 5.60. The zero-order valence-corrected chi connectivity index (χ0v) is 11.4. The van der Waals surface area contributed by atoms with E-state index in [0.717, 1.165) is 0 Å². The molecule has 0 fully saturated rings. The third-order valence-electron chi connectivity index (χ3n) is 2.28. The van der Waals surface area contributed by atoms with E-state index in [9.17, 15) is 9.59 Å². The summed E-state index contributed by atoms with van der Waals surface area (Å²) < 4.78 is 5.08. The fourth-order valence-corrected chi connectivity index (χ4v) is 1.21. The van der Waals surface area contributed by atoms with Crippen LogP contribution in [0.4, 0.5) is 5.69 Å². The van der Waals surface area contributed by atoms with Gasteiger partial charge in [-0.25, -0.2) is 0 Å². The second kappa shape index (κ2) is 8.34.